The van der Waals surface area contributed by atoms with Gasteiger partial charge in [-0.1, -0.05) is 13.8 Å². The Kier molecular flexibility index (Phi) is 4.95. The molecule has 0 aromatic carbocycles. The number of hydrogen-bond acceptors (Lipinski definition) is 3. The van der Waals surface area contributed by atoms with Crippen molar-refractivity contribution in [1.29, 1.82) is 0 Å². The molecular formula is C12H21NO2. The SMILES string of the molecule is CCC(=O)CCCN1CCC(=O)C(C)C1. The van der Waals surface area contributed by atoms with Gasteiger partial charge >= 0.3 is 0 Å². The van der Waals surface area contributed by atoms with Crippen molar-refractivity contribution >= 4 is 11.6 Å². The van der Waals surface area contributed by atoms with E-state index in [-0.39, 0.29) is 5.92 Å². The van der Waals surface area contributed by atoms with Crippen molar-refractivity contribution in [2.45, 2.75) is 39.5 Å². The van der Waals surface area contributed by atoms with E-state index >= 15 is 0 Å². The zero-order valence-corrected chi connectivity index (χ0v) is 9.79. The van der Waals surface area contributed by atoms with E-state index in [1.165, 1.54) is 0 Å². The highest BCUT2D eigenvalue weighted by molar-refractivity contribution is 5.81. The molecule has 0 saturated carbocycles. The van der Waals surface area contributed by atoms with Crippen LogP contribution in [0.3, 0.4) is 0 Å². The van der Waals surface area contributed by atoms with Crippen LogP contribution >= 0.6 is 0 Å². The lowest BCUT2D eigenvalue weighted by Gasteiger charge is -2.29. The van der Waals surface area contributed by atoms with Crippen LogP contribution in [0.15, 0.2) is 0 Å². The van der Waals surface area contributed by atoms with E-state index in [0.29, 0.717) is 30.8 Å². The van der Waals surface area contributed by atoms with Gasteiger partial charge in [0.1, 0.15) is 11.6 Å². The lowest BCUT2D eigenvalue weighted by molar-refractivity contribution is -0.126. The van der Waals surface area contributed by atoms with Crippen LogP contribution in [0.1, 0.15) is 39.5 Å². The number of hydrogen-bond donors (Lipinski definition) is 0. The number of likely N-dealkylation sites (tertiary alicyclic amines) is 1. The predicted octanol–water partition coefficient (Wildman–Crippen LogP) is 1.66. The molecule has 86 valence electrons. The number of carbonyl (C=O) groups is 2. The van der Waals surface area contributed by atoms with E-state index < -0.39 is 0 Å². The zero-order chi connectivity index (χ0) is 11.3. The van der Waals surface area contributed by atoms with E-state index in [2.05, 4.69) is 4.90 Å². The van der Waals surface area contributed by atoms with Gasteiger partial charge in [-0.2, -0.15) is 0 Å². The van der Waals surface area contributed by atoms with Gasteiger partial charge in [0, 0.05) is 38.3 Å². The molecule has 1 heterocycles. The van der Waals surface area contributed by atoms with Crippen LogP contribution < -0.4 is 0 Å². The van der Waals surface area contributed by atoms with Crippen molar-refractivity contribution in [2.75, 3.05) is 19.6 Å². The highest BCUT2D eigenvalue weighted by Crippen LogP contribution is 2.12. The van der Waals surface area contributed by atoms with Gasteiger partial charge in [0.2, 0.25) is 0 Å². The summed E-state index contributed by atoms with van der Waals surface area (Å²) in [5.74, 6) is 0.910. The molecule has 1 atom stereocenters. The second-order valence-corrected chi connectivity index (χ2v) is 4.41. The average Bonchev–Trinajstić information content (AvgIpc) is 2.23. The van der Waals surface area contributed by atoms with Gasteiger partial charge in [0.15, 0.2) is 0 Å². The Morgan fingerprint density at radius 1 is 1.53 bits per heavy atom. The number of rotatable bonds is 5. The normalized spacial score (nSPS) is 23.1. The van der Waals surface area contributed by atoms with Crippen molar-refractivity contribution in [1.82, 2.24) is 4.90 Å². The van der Waals surface area contributed by atoms with Crippen LogP contribution in [-0.2, 0) is 9.59 Å². The first-order chi connectivity index (χ1) is 7.13. The molecule has 0 N–H and O–H groups in total. The lowest BCUT2D eigenvalue weighted by Crippen LogP contribution is -2.40. The molecule has 15 heavy (non-hydrogen) atoms. The van der Waals surface area contributed by atoms with Crippen LogP contribution in [0.4, 0.5) is 0 Å². The fourth-order valence-corrected chi connectivity index (χ4v) is 1.97. The van der Waals surface area contributed by atoms with Crippen molar-refractivity contribution in [3.05, 3.63) is 0 Å². The van der Waals surface area contributed by atoms with E-state index in [4.69, 9.17) is 0 Å². The number of Topliss-reactive ketones (excluding diaryl/α,β-unsaturated/α-hetero) is 2. The molecular weight excluding hydrogens is 190 g/mol. The minimum atomic E-state index is 0.181. The number of nitrogens with zero attached hydrogens (tertiary/aromatic N) is 1. The Bertz CT molecular complexity index is 238. The van der Waals surface area contributed by atoms with Gasteiger partial charge in [-0.05, 0) is 13.0 Å². The first kappa shape index (κ1) is 12.4. The summed E-state index contributed by atoms with van der Waals surface area (Å²) in [6, 6.07) is 0. The second-order valence-electron chi connectivity index (χ2n) is 4.41. The maximum atomic E-state index is 11.3. The molecule has 0 aliphatic carbocycles. The smallest absolute Gasteiger partial charge is 0.138 e. The molecule has 1 aliphatic rings. The zero-order valence-electron chi connectivity index (χ0n) is 9.79. The van der Waals surface area contributed by atoms with Crippen LogP contribution in [-0.4, -0.2) is 36.1 Å². The maximum Gasteiger partial charge on any atom is 0.138 e. The standard InChI is InChI=1S/C12H21NO2/c1-3-11(14)5-4-7-13-8-6-12(15)10(2)9-13/h10H,3-9H2,1-2H3. The Balaban J connectivity index is 2.17. The Hall–Kier alpha value is -0.700. The summed E-state index contributed by atoms with van der Waals surface area (Å²) in [5, 5.41) is 0. The van der Waals surface area contributed by atoms with Gasteiger partial charge in [-0.15, -0.1) is 0 Å². The fraction of sp³-hybridized carbons (Fsp3) is 0.833. The van der Waals surface area contributed by atoms with Crippen molar-refractivity contribution in [2.24, 2.45) is 5.92 Å². The van der Waals surface area contributed by atoms with Gasteiger partial charge in [-0.25, -0.2) is 0 Å². The molecule has 1 rings (SSSR count). The third-order valence-corrected chi connectivity index (χ3v) is 3.08. The molecule has 3 nitrogen and oxygen atoms in total. The molecule has 0 aromatic rings. The van der Waals surface area contributed by atoms with E-state index in [9.17, 15) is 9.59 Å². The summed E-state index contributed by atoms with van der Waals surface area (Å²) in [4.78, 5) is 24.7. The molecule has 0 bridgehead atoms. The summed E-state index contributed by atoms with van der Waals surface area (Å²) < 4.78 is 0. The fourth-order valence-electron chi connectivity index (χ4n) is 1.97. The summed E-state index contributed by atoms with van der Waals surface area (Å²) in [6.07, 6.45) is 2.96. The number of ketones is 2. The topological polar surface area (TPSA) is 37.4 Å². The highest BCUT2D eigenvalue weighted by Gasteiger charge is 2.22. The second kappa shape index (κ2) is 6.01. The van der Waals surface area contributed by atoms with Crippen molar-refractivity contribution in [3.8, 4) is 0 Å². The Morgan fingerprint density at radius 3 is 2.87 bits per heavy atom. The van der Waals surface area contributed by atoms with Crippen LogP contribution in [0.5, 0.6) is 0 Å². The van der Waals surface area contributed by atoms with Gasteiger partial charge in [0.05, 0.1) is 0 Å². The molecule has 0 aromatic heterocycles. The Labute approximate surface area is 91.8 Å². The third-order valence-electron chi connectivity index (χ3n) is 3.08. The molecule has 1 unspecified atom stereocenters. The number of piperidine rings is 1. The molecule has 0 spiro atoms. The summed E-state index contributed by atoms with van der Waals surface area (Å²) in [5.41, 5.74) is 0. The first-order valence-corrected chi connectivity index (χ1v) is 5.90. The number of carbonyl (C=O) groups excluding carboxylic acids is 2. The van der Waals surface area contributed by atoms with Crippen LogP contribution in [0.25, 0.3) is 0 Å². The monoisotopic (exact) mass is 211 g/mol. The molecule has 0 radical (unpaired) electrons. The Morgan fingerprint density at radius 2 is 2.27 bits per heavy atom. The predicted molar refractivity (Wildman–Crippen MR) is 59.8 cm³/mol. The highest BCUT2D eigenvalue weighted by atomic mass is 16.1. The average molecular weight is 211 g/mol. The van der Waals surface area contributed by atoms with E-state index in [0.717, 1.165) is 26.1 Å². The lowest BCUT2D eigenvalue weighted by atomic mass is 9.98. The molecule has 1 fully saturated rings. The minimum Gasteiger partial charge on any atom is -0.302 e. The molecule has 0 amide bonds. The van der Waals surface area contributed by atoms with Crippen molar-refractivity contribution < 1.29 is 9.59 Å². The van der Waals surface area contributed by atoms with Gasteiger partial charge in [0.25, 0.3) is 0 Å². The first-order valence-electron chi connectivity index (χ1n) is 5.90. The third kappa shape index (κ3) is 4.12. The van der Waals surface area contributed by atoms with Crippen LogP contribution in [0.2, 0.25) is 0 Å². The quantitative estimate of drug-likeness (QED) is 0.694. The van der Waals surface area contributed by atoms with Gasteiger partial charge < -0.3 is 4.90 Å². The molecule has 3 heteroatoms. The van der Waals surface area contributed by atoms with E-state index in [1.54, 1.807) is 0 Å². The largest absolute Gasteiger partial charge is 0.302 e. The minimum absolute atomic E-state index is 0.181. The van der Waals surface area contributed by atoms with E-state index in [1.807, 2.05) is 13.8 Å². The maximum absolute atomic E-state index is 11.3. The molecule has 1 aliphatic heterocycles. The van der Waals surface area contributed by atoms with Crippen LogP contribution in [0, 0.1) is 5.92 Å². The summed E-state index contributed by atoms with van der Waals surface area (Å²) in [7, 11) is 0. The molecule has 1 saturated heterocycles. The summed E-state index contributed by atoms with van der Waals surface area (Å²) >= 11 is 0. The summed E-state index contributed by atoms with van der Waals surface area (Å²) in [6.45, 7) is 6.61. The van der Waals surface area contributed by atoms with Crippen molar-refractivity contribution in [3.63, 3.8) is 0 Å². The van der Waals surface area contributed by atoms with Gasteiger partial charge in [-0.3, -0.25) is 9.59 Å².